The Bertz CT molecular complexity index is 397. The summed E-state index contributed by atoms with van der Waals surface area (Å²) in [4.78, 5) is 0. The molecule has 2 rings (SSSR count). The highest BCUT2D eigenvalue weighted by Gasteiger charge is 2.23. The van der Waals surface area contributed by atoms with Gasteiger partial charge in [-0.2, -0.15) is 11.8 Å². The average Bonchev–Trinajstić information content (AvgIpc) is 2.45. The number of halogens is 2. The van der Waals surface area contributed by atoms with Crippen molar-refractivity contribution in [2.24, 2.45) is 0 Å². The predicted molar refractivity (Wildman–Crippen MR) is 77.8 cm³/mol. The molecule has 4 heteroatoms. The van der Waals surface area contributed by atoms with E-state index in [9.17, 15) is 8.78 Å². The van der Waals surface area contributed by atoms with Crippen molar-refractivity contribution in [2.45, 2.75) is 49.9 Å². The van der Waals surface area contributed by atoms with Crippen molar-refractivity contribution in [2.75, 3.05) is 6.26 Å². The van der Waals surface area contributed by atoms with E-state index in [2.05, 4.69) is 11.6 Å². The molecule has 0 aliphatic heterocycles. The molecule has 0 spiro atoms. The summed E-state index contributed by atoms with van der Waals surface area (Å²) in [5.41, 5.74) is 1.06. The fraction of sp³-hybridized carbons (Fsp3) is 0.600. The number of hydrogen-bond donors (Lipinski definition) is 1. The van der Waals surface area contributed by atoms with Gasteiger partial charge in [0.2, 0.25) is 0 Å². The third-order valence-corrected chi connectivity index (χ3v) is 4.95. The molecule has 2 unspecified atom stereocenters. The molecule has 1 aromatic rings. The first-order valence-electron chi connectivity index (χ1n) is 6.84. The highest BCUT2D eigenvalue weighted by molar-refractivity contribution is 7.99. The van der Waals surface area contributed by atoms with Crippen LogP contribution >= 0.6 is 11.8 Å². The van der Waals surface area contributed by atoms with Gasteiger partial charge in [-0.15, -0.1) is 0 Å². The molecule has 1 fully saturated rings. The van der Waals surface area contributed by atoms with E-state index in [1.165, 1.54) is 31.7 Å². The minimum atomic E-state index is -2.38. The lowest BCUT2D eigenvalue weighted by molar-refractivity contribution is 0.151. The first kappa shape index (κ1) is 14.8. The summed E-state index contributed by atoms with van der Waals surface area (Å²) in [5, 5.41) is 4.20. The van der Waals surface area contributed by atoms with Crippen molar-refractivity contribution in [3.63, 3.8) is 0 Å². The Kier molecular flexibility index (Phi) is 5.64. The monoisotopic (exact) mass is 285 g/mol. The van der Waals surface area contributed by atoms with Gasteiger partial charge >= 0.3 is 0 Å². The second kappa shape index (κ2) is 7.25. The van der Waals surface area contributed by atoms with Crippen molar-refractivity contribution >= 4 is 11.8 Å². The Hall–Kier alpha value is -0.610. The standard InChI is InChI=1S/C15H21F2NS/c1-19-14-8-3-2-7-13(14)18-10-11-5-4-6-12(9-11)15(16)17/h4-6,9,13-15,18H,2-3,7-8,10H2,1H3. The molecule has 0 aromatic heterocycles. The number of hydrogen-bond acceptors (Lipinski definition) is 2. The van der Waals surface area contributed by atoms with Gasteiger partial charge in [0.25, 0.3) is 6.43 Å². The molecular weight excluding hydrogens is 264 g/mol. The van der Waals surface area contributed by atoms with E-state index >= 15 is 0 Å². The van der Waals surface area contributed by atoms with Gasteiger partial charge in [-0.1, -0.05) is 31.0 Å². The molecule has 19 heavy (non-hydrogen) atoms. The lowest BCUT2D eigenvalue weighted by Crippen LogP contribution is -2.39. The van der Waals surface area contributed by atoms with Gasteiger partial charge in [0, 0.05) is 23.4 Å². The fourth-order valence-corrected chi connectivity index (χ4v) is 3.66. The van der Waals surface area contributed by atoms with Crippen molar-refractivity contribution in [3.8, 4) is 0 Å². The van der Waals surface area contributed by atoms with Crippen LogP contribution in [0.3, 0.4) is 0 Å². The number of benzene rings is 1. The third kappa shape index (κ3) is 4.18. The van der Waals surface area contributed by atoms with Crippen LogP contribution in [-0.4, -0.2) is 17.5 Å². The number of thioether (sulfide) groups is 1. The zero-order valence-corrected chi connectivity index (χ0v) is 12.1. The maximum absolute atomic E-state index is 12.6. The minimum Gasteiger partial charge on any atom is -0.309 e. The molecular formula is C15H21F2NS. The molecule has 0 amide bonds. The SMILES string of the molecule is CSC1CCCCC1NCc1cccc(C(F)F)c1. The Labute approximate surface area is 118 Å². The molecule has 106 valence electrons. The molecule has 0 bridgehead atoms. The van der Waals surface area contributed by atoms with Gasteiger partial charge < -0.3 is 5.32 Å². The van der Waals surface area contributed by atoms with Gasteiger partial charge in [-0.05, 0) is 30.7 Å². The van der Waals surface area contributed by atoms with Crippen molar-refractivity contribution in [1.82, 2.24) is 5.32 Å². The Morgan fingerprint density at radius 2 is 2.11 bits per heavy atom. The molecule has 0 heterocycles. The third-order valence-electron chi connectivity index (χ3n) is 3.78. The van der Waals surface area contributed by atoms with Gasteiger partial charge in [0.05, 0.1) is 0 Å². The Balaban J connectivity index is 1.92. The van der Waals surface area contributed by atoms with Crippen LogP contribution in [0.25, 0.3) is 0 Å². The van der Waals surface area contributed by atoms with E-state index in [4.69, 9.17) is 0 Å². The first-order valence-corrected chi connectivity index (χ1v) is 8.12. The van der Waals surface area contributed by atoms with Crippen LogP contribution in [0.15, 0.2) is 24.3 Å². The number of rotatable bonds is 5. The van der Waals surface area contributed by atoms with E-state index in [1.807, 2.05) is 17.8 Å². The van der Waals surface area contributed by atoms with E-state index in [-0.39, 0.29) is 5.56 Å². The smallest absolute Gasteiger partial charge is 0.263 e. The summed E-state index contributed by atoms with van der Waals surface area (Å²) < 4.78 is 25.3. The van der Waals surface area contributed by atoms with E-state index in [1.54, 1.807) is 12.1 Å². The molecule has 1 nitrogen and oxygen atoms in total. The predicted octanol–water partition coefficient (Wildman–Crippen LogP) is 4.39. The molecule has 1 N–H and O–H groups in total. The van der Waals surface area contributed by atoms with E-state index < -0.39 is 6.43 Å². The van der Waals surface area contributed by atoms with E-state index in [0.717, 1.165) is 5.56 Å². The highest BCUT2D eigenvalue weighted by atomic mass is 32.2. The lowest BCUT2D eigenvalue weighted by atomic mass is 9.94. The van der Waals surface area contributed by atoms with E-state index in [0.29, 0.717) is 17.8 Å². The van der Waals surface area contributed by atoms with Crippen LogP contribution < -0.4 is 5.32 Å². The maximum Gasteiger partial charge on any atom is 0.263 e. The summed E-state index contributed by atoms with van der Waals surface area (Å²) in [7, 11) is 0. The molecule has 0 radical (unpaired) electrons. The van der Waals surface area contributed by atoms with Crippen LogP contribution in [-0.2, 0) is 6.54 Å². The highest BCUT2D eigenvalue weighted by Crippen LogP contribution is 2.27. The van der Waals surface area contributed by atoms with Crippen LogP contribution in [0.4, 0.5) is 8.78 Å². The molecule has 1 aliphatic rings. The lowest BCUT2D eigenvalue weighted by Gasteiger charge is -2.31. The average molecular weight is 285 g/mol. The van der Waals surface area contributed by atoms with Crippen molar-refractivity contribution in [1.29, 1.82) is 0 Å². The summed E-state index contributed by atoms with van der Waals surface area (Å²) in [6.07, 6.45) is 4.81. The van der Waals surface area contributed by atoms with Crippen LogP contribution in [0.5, 0.6) is 0 Å². The van der Waals surface area contributed by atoms with Crippen LogP contribution in [0.1, 0.15) is 43.2 Å². The van der Waals surface area contributed by atoms with Gasteiger partial charge in [0.1, 0.15) is 0 Å². The molecule has 2 atom stereocenters. The molecule has 1 aliphatic carbocycles. The van der Waals surface area contributed by atoms with Crippen LogP contribution in [0.2, 0.25) is 0 Å². The second-order valence-electron chi connectivity index (χ2n) is 5.09. The quantitative estimate of drug-likeness (QED) is 0.861. The summed E-state index contributed by atoms with van der Waals surface area (Å²) in [5.74, 6) is 0. The molecule has 1 aromatic carbocycles. The first-order chi connectivity index (χ1) is 9.20. The zero-order chi connectivity index (χ0) is 13.7. The van der Waals surface area contributed by atoms with Crippen molar-refractivity contribution < 1.29 is 8.78 Å². The topological polar surface area (TPSA) is 12.0 Å². The summed E-state index contributed by atoms with van der Waals surface area (Å²) in [6.45, 7) is 0.683. The number of nitrogens with one attached hydrogen (secondary N) is 1. The largest absolute Gasteiger partial charge is 0.309 e. The Morgan fingerprint density at radius 1 is 1.32 bits per heavy atom. The Morgan fingerprint density at radius 3 is 2.84 bits per heavy atom. The zero-order valence-electron chi connectivity index (χ0n) is 11.2. The normalized spacial score (nSPS) is 23.8. The molecule has 1 saturated carbocycles. The summed E-state index contributed by atoms with van der Waals surface area (Å²) in [6, 6.07) is 7.23. The molecule has 0 saturated heterocycles. The summed E-state index contributed by atoms with van der Waals surface area (Å²) >= 11 is 1.91. The van der Waals surface area contributed by atoms with Gasteiger partial charge in [0.15, 0.2) is 0 Å². The van der Waals surface area contributed by atoms with Gasteiger partial charge in [-0.25, -0.2) is 8.78 Å². The number of alkyl halides is 2. The van der Waals surface area contributed by atoms with Gasteiger partial charge in [-0.3, -0.25) is 0 Å². The second-order valence-corrected chi connectivity index (χ2v) is 6.17. The van der Waals surface area contributed by atoms with Crippen LogP contribution in [0, 0.1) is 0 Å². The fourth-order valence-electron chi connectivity index (χ4n) is 2.70. The minimum absolute atomic E-state index is 0.115. The van der Waals surface area contributed by atoms with Crippen molar-refractivity contribution in [3.05, 3.63) is 35.4 Å². The maximum atomic E-state index is 12.6.